The second-order valence-electron chi connectivity index (χ2n) is 3.69. The Kier molecular flexibility index (Phi) is 2.79. The van der Waals surface area contributed by atoms with E-state index in [0.717, 1.165) is 5.82 Å². The van der Waals surface area contributed by atoms with Crippen molar-refractivity contribution in [2.24, 2.45) is 7.05 Å². The third kappa shape index (κ3) is 1.91. The fraction of sp³-hybridized carbons (Fsp3) is 0.667. The molecule has 1 fully saturated rings. The predicted octanol–water partition coefficient (Wildman–Crippen LogP) is -0.800. The minimum Gasteiger partial charge on any atom is -0.394 e. The highest BCUT2D eigenvalue weighted by atomic mass is 16.5. The largest absolute Gasteiger partial charge is 0.394 e. The van der Waals surface area contributed by atoms with Crippen LogP contribution in [-0.4, -0.2) is 47.3 Å². The molecule has 1 saturated heterocycles. The van der Waals surface area contributed by atoms with Crippen LogP contribution in [-0.2, 0) is 11.8 Å². The second-order valence-corrected chi connectivity index (χ2v) is 3.69. The average Bonchev–Trinajstić information content (AvgIpc) is 2.57. The molecule has 1 unspecified atom stereocenters. The number of morpholine rings is 1. The smallest absolute Gasteiger partial charge is 0.174 e. The van der Waals surface area contributed by atoms with Crippen molar-refractivity contribution in [2.75, 3.05) is 37.0 Å². The number of aliphatic hydroxyl groups excluding tert-OH is 1. The van der Waals surface area contributed by atoms with Crippen molar-refractivity contribution in [3.8, 4) is 0 Å². The van der Waals surface area contributed by atoms with Crippen LogP contribution in [0.5, 0.6) is 0 Å². The number of ether oxygens (including phenoxy) is 1. The standard InChI is InChI=1S/C9H16N4O2/c1-12-4-8(10)9(11-12)13-2-3-15-6-7(13)5-14/h4,7,14H,2-3,5-6,10H2,1H3. The summed E-state index contributed by atoms with van der Waals surface area (Å²) in [6, 6.07) is -0.0454. The Hall–Kier alpha value is -1.27. The summed E-state index contributed by atoms with van der Waals surface area (Å²) in [5, 5.41) is 13.5. The first kappa shape index (κ1) is 10.3. The fourth-order valence-electron chi connectivity index (χ4n) is 1.80. The second kappa shape index (κ2) is 4.08. The lowest BCUT2D eigenvalue weighted by Crippen LogP contribution is -2.48. The van der Waals surface area contributed by atoms with Gasteiger partial charge in [-0.15, -0.1) is 0 Å². The Morgan fingerprint density at radius 2 is 2.53 bits per heavy atom. The zero-order chi connectivity index (χ0) is 10.8. The van der Waals surface area contributed by atoms with Crippen LogP contribution in [0.2, 0.25) is 0 Å². The van der Waals surface area contributed by atoms with Gasteiger partial charge in [0.15, 0.2) is 5.82 Å². The molecular weight excluding hydrogens is 196 g/mol. The van der Waals surface area contributed by atoms with Gasteiger partial charge < -0.3 is 20.5 Å². The molecule has 1 aliphatic rings. The summed E-state index contributed by atoms with van der Waals surface area (Å²) in [5.74, 6) is 0.736. The lowest BCUT2D eigenvalue weighted by atomic mass is 10.2. The number of nitrogens with two attached hydrogens (primary N) is 1. The van der Waals surface area contributed by atoms with Crippen molar-refractivity contribution in [2.45, 2.75) is 6.04 Å². The summed E-state index contributed by atoms with van der Waals surface area (Å²) in [6.07, 6.45) is 1.76. The van der Waals surface area contributed by atoms with Crippen molar-refractivity contribution in [3.63, 3.8) is 0 Å². The van der Waals surface area contributed by atoms with Crippen molar-refractivity contribution >= 4 is 11.5 Å². The number of anilines is 2. The van der Waals surface area contributed by atoms with Crippen LogP contribution in [0.25, 0.3) is 0 Å². The first-order valence-electron chi connectivity index (χ1n) is 4.96. The van der Waals surface area contributed by atoms with Gasteiger partial charge in [-0.05, 0) is 0 Å². The maximum atomic E-state index is 9.22. The number of rotatable bonds is 2. The number of aliphatic hydroxyl groups is 1. The van der Waals surface area contributed by atoms with Gasteiger partial charge in [0.1, 0.15) is 0 Å². The molecule has 0 aromatic carbocycles. The number of hydrogen-bond donors (Lipinski definition) is 2. The molecule has 6 nitrogen and oxygen atoms in total. The molecule has 0 amide bonds. The van der Waals surface area contributed by atoms with Crippen molar-refractivity contribution in [1.82, 2.24) is 9.78 Å². The van der Waals surface area contributed by atoms with Crippen LogP contribution in [0.1, 0.15) is 0 Å². The monoisotopic (exact) mass is 212 g/mol. The molecule has 6 heteroatoms. The Labute approximate surface area is 88.2 Å². The Bertz CT molecular complexity index is 339. The highest BCUT2D eigenvalue weighted by molar-refractivity contribution is 5.62. The van der Waals surface area contributed by atoms with Crippen molar-refractivity contribution < 1.29 is 9.84 Å². The van der Waals surface area contributed by atoms with Crippen LogP contribution in [0.3, 0.4) is 0 Å². The quantitative estimate of drug-likeness (QED) is 0.671. The lowest BCUT2D eigenvalue weighted by Gasteiger charge is -2.34. The maximum Gasteiger partial charge on any atom is 0.174 e. The SMILES string of the molecule is Cn1cc(N)c(N2CCOCC2CO)n1. The topological polar surface area (TPSA) is 76.5 Å². The molecule has 2 heterocycles. The van der Waals surface area contributed by atoms with Gasteiger partial charge in [-0.2, -0.15) is 5.10 Å². The highest BCUT2D eigenvalue weighted by Crippen LogP contribution is 2.23. The first-order valence-corrected chi connectivity index (χ1v) is 4.96. The normalized spacial score (nSPS) is 22.0. The van der Waals surface area contributed by atoms with E-state index < -0.39 is 0 Å². The van der Waals surface area contributed by atoms with Gasteiger partial charge in [0, 0.05) is 19.8 Å². The van der Waals surface area contributed by atoms with E-state index in [1.807, 2.05) is 11.9 Å². The molecule has 0 spiro atoms. The average molecular weight is 212 g/mol. The van der Waals surface area contributed by atoms with Gasteiger partial charge in [-0.3, -0.25) is 4.68 Å². The minimum absolute atomic E-state index is 0.0454. The Balaban J connectivity index is 2.23. The third-order valence-corrected chi connectivity index (χ3v) is 2.55. The summed E-state index contributed by atoms with van der Waals surface area (Å²) in [7, 11) is 1.83. The summed E-state index contributed by atoms with van der Waals surface area (Å²) in [4.78, 5) is 2.00. The fourth-order valence-corrected chi connectivity index (χ4v) is 1.80. The molecule has 1 aliphatic heterocycles. The van der Waals surface area contributed by atoms with Crippen LogP contribution in [0, 0.1) is 0 Å². The van der Waals surface area contributed by atoms with E-state index in [9.17, 15) is 5.11 Å². The summed E-state index contributed by atoms with van der Waals surface area (Å²) in [5.41, 5.74) is 6.48. The van der Waals surface area contributed by atoms with E-state index in [1.165, 1.54) is 0 Å². The van der Waals surface area contributed by atoms with Crippen LogP contribution < -0.4 is 10.6 Å². The predicted molar refractivity (Wildman–Crippen MR) is 56.7 cm³/mol. The molecule has 0 aliphatic carbocycles. The molecule has 2 rings (SSSR count). The van der Waals surface area contributed by atoms with E-state index in [2.05, 4.69) is 5.10 Å². The number of nitrogen functional groups attached to an aromatic ring is 1. The van der Waals surface area contributed by atoms with Gasteiger partial charge in [-0.1, -0.05) is 0 Å². The van der Waals surface area contributed by atoms with E-state index in [4.69, 9.17) is 10.5 Å². The van der Waals surface area contributed by atoms with Gasteiger partial charge >= 0.3 is 0 Å². The molecule has 15 heavy (non-hydrogen) atoms. The highest BCUT2D eigenvalue weighted by Gasteiger charge is 2.25. The lowest BCUT2D eigenvalue weighted by molar-refractivity contribution is 0.0723. The van der Waals surface area contributed by atoms with Crippen LogP contribution >= 0.6 is 0 Å². The van der Waals surface area contributed by atoms with E-state index >= 15 is 0 Å². The first-order chi connectivity index (χ1) is 7.22. The van der Waals surface area contributed by atoms with E-state index in [-0.39, 0.29) is 12.6 Å². The molecule has 0 radical (unpaired) electrons. The maximum absolute atomic E-state index is 9.22. The third-order valence-electron chi connectivity index (χ3n) is 2.55. The number of nitrogens with zero attached hydrogens (tertiary/aromatic N) is 3. The number of hydrogen-bond acceptors (Lipinski definition) is 5. The van der Waals surface area contributed by atoms with Crippen LogP contribution in [0.4, 0.5) is 11.5 Å². The zero-order valence-corrected chi connectivity index (χ0v) is 8.76. The molecule has 3 N–H and O–H groups in total. The molecule has 0 bridgehead atoms. The molecular formula is C9H16N4O2. The number of aryl methyl sites for hydroxylation is 1. The van der Waals surface area contributed by atoms with Gasteiger partial charge in [-0.25, -0.2) is 0 Å². The summed E-state index contributed by atoms with van der Waals surface area (Å²) in [6.45, 7) is 1.93. The molecule has 1 aromatic heterocycles. The Morgan fingerprint density at radius 3 is 3.13 bits per heavy atom. The van der Waals surface area contributed by atoms with E-state index in [1.54, 1.807) is 10.9 Å². The number of aromatic nitrogens is 2. The van der Waals surface area contributed by atoms with Gasteiger partial charge in [0.2, 0.25) is 0 Å². The zero-order valence-electron chi connectivity index (χ0n) is 8.76. The summed E-state index contributed by atoms with van der Waals surface area (Å²) >= 11 is 0. The van der Waals surface area contributed by atoms with Gasteiger partial charge in [0.25, 0.3) is 0 Å². The molecule has 0 saturated carbocycles. The molecule has 1 aromatic rings. The molecule has 84 valence electrons. The van der Waals surface area contributed by atoms with Gasteiger partial charge in [0.05, 0.1) is 31.5 Å². The van der Waals surface area contributed by atoms with Crippen LogP contribution in [0.15, 0.2) is 6.20 Å². The minimum atomic E-state index is -0.0454. The van der Waals surface area contributed by atoms with E-state index in [0.29, 0.717) is 25.4 Å². The molecule has 1 atom stereocenters. The van der Waals surface area contributed by atoms with Crippen molar-refractivity contribution in [1.29, 1.82) is 0 Å². The Morgan fingerprint density at radius 1 is 1.73 bits per heavy atom. The summed E-state index contributed by atoms with van der Waals surface area (Å²) < 4.78 is 6.97. The van der Waals surface area contributed by atoms with Crippen molar-refractivity contribution in [3.05, 3.63) is 6.20 Å².